The quantitative estimate of drug-likeness (QED) is 0.804. The first-order valence-electron chi connectivity index (χ1n) is 8.08. The Morgan fingerprint density at radius 2 is 1.05 bits per heavy atom. The number of methoxy groups -OCH3 is 2. The first-order valence-corrected chi connectivity index (χ1v) is 8.08. The van der Waals surface area contributed by atoms with Gasteiger partial charge in [-0.15, -0.1) is 0 Å². The van der Waals surface area contributed by atoms with Crippen LogP contribution in [0, 0.1) is 11.8 Å². The van der Waals surface area contributed by atoms with E-state index in [0.29, 0.717) is 12.2 Å². The lowest BCUT2D eigenvalue weighted by molar-refractivity contribution is 0.0530. The van der Waals surface area contributed by atoms with Crippen LogP contribution < -0.4 is 5.32 Å². The van der Waals surface area contributed by atoms with Crippen molar-refractivity contribution in [1.29, 1.82) is 0 Å². The van der Waals surface area contributed by atoms with Crippen LogP contribution in [0.2, 0.25) is 0 Å². The van der Waals surface area contributed by atoms with Crippen LogP contribution in [0.15, 0.2) is 0 Å². The Hall–Kier alpha value is -0.120. The Morgan fingerprint density at radius 3 is 1.37 bits per heavy atom. The van der Waals surface area contributed by atoms with E-state index in [1.54, 1.807) is 0 Å². The predicted octanol–water partition coefficient (Wildman–Crippen LogP) is 2.99. The van der Waals surface area contributed by atoms with E-state index in [4.69, 9.17) is 9.47 Å². The zero-order chi connectivity index (χ0) is 13.5. The van der Waals surface area contributed by atoms with Crippen molar-refractivity contribution >= 4 is 0 Å². The summed E-state index contributed by atoms with van der Waals surface area (Å²) >= 11 is 0. The van der Waals surface area contributed by atoms with Gasteiger partial charge in [-0.25, -0.2) is 0 Å². The highest BCUT2D eigenvalue weighted by atomic mass is 16.5. The van der Waals surface area contributed by atoms with E-state index in [0.717, 1.165) is 11.8 Å². The molecule has 2 aliphatic carbocycles. The minimum absolute atomic E-state index is 0.528. The molecule has 0 heterocycles. The van der Waals surface area contributed by atoms with E-state index in [1.165, 1.54) is 64.5 Å². The number of rotatable bonds is 6. The van der Waals surface area contributed by atoms with Crippen LogP contribution >= 0.6 is 0 Å². The number of ether oxygens (including phenoxy) is 2. The van der Waals surface area contributed by atoms with Gasteiger partial charge >= 0.3 is 0 Å². The van der Waals surface area contributed by atoms with Gasteiger partial charge < -0.3 is 14.8 Å². The second-order valence-corrected chi connectivity index (χ2v) is 6.42. The summed E-state index contributed by atoms with van der Waals surface area (Å²) in [6.07, 6.45) is 11.4. The first kappa shape index (κ1) is 15.3. The molecule has 2 fully saturated rings. The third-order valence-corrected chi connectivity index (χ3v) is 5.12. The van der Waals surface area contributed by atoms with Gasteiger partial charge in [0.15, 0.2) is 0 Å². The molecule has 3 heteroatoms. The Balaban J connectivity index is 1.53. The Kier molecular flexibility index (Phi) is 6.62. The van der Waals surface area contributed by atoms with Gasteiger partial charge in [-0.1, -0.05) is 0 Å². The maximum Gasteiger partial charge on any atom is 0.0571 e. The Labute approximate surface area is 118 Å². The summed E-state index contributed by atoms with van der Waals surface area (Å²) in [4.78, 5) is 0. The third-order valence-electron chi connectivity index (χ3n) is 5.12. The molecule has 0 unspecified atom stereocenters. The molecule has 2 aliphatic rings. The number of hydrogen-bond acceptors (Lipinski definition) is 3. The maximum atomic E-state index is 5.43. The van der Waals surface area contributed by atoms with E-state index in [9.17, 15) is 0 Å². The van der Waals surface area contributed by atoms with Gasteiger partial charge in [0.05, 0.1) is 12.2 Å². The van der Waals surface area contributed by atoms with Crippen LogP contribution in [-0.4, -0.2) is 39.5 Å². The summed E-state index contributed by atoms with van der Waals surface area (Å²) in [6, 6.07) is 0. The van der Waals surface area contributed by atoms with Gasteiger partial charge in [0.2, 0.25) is 0 Å². The van der Waals surface area contributed by atoms with Crippen LogP contribution in [0.1, 0.15) is 51.4 Å². The third kappa shape index (κ3) is 5.05. The fourth-order valence-electron chi connectivity index (χ4n) is 3.63. The molecule has 3 nitrogen and oxygen atoms in total. The van der Waals surface area contributed by atoms with Crippen LogP contribution in [0.25, 0.3) is 0 Å². The number of hydrogen-bond donors (Lipinski definition) is 1. The van der Waals surface area contributed by atoms with Crippen molar-refractivity contribution in [2.75, 3.05) is 27.3 Å². The molecule has 0 aromatic heterocycles. The molecule has 2 rings (SSSR count). The van der Waals surface area contributed by atoms with Gasteiger partial charge in [-0.05, 0) is 76.3 Å². The van der Waals surface area contributed by atoms with Crippen LogP contribution in [0.5, 0.6) is 0 Å². The van der Waals surface area contributed by atoms with Crippen molar-refractivity contribution < 1.29 is 9.47 Å². The highest BCUT2D eigenvalue weighted by molar-refractivity contribution is 4.77. The molecule has 0 aromatic carbocycles. The highest BCUT2D eigenvalue weighted by Crippen LogP contribution is 2.27. The van der Waals surface area contributed by atoms with E-state index in [2.05, 4.69) is 5.32 Å². The Morgan fingerprint density at radius 1 is 0.684 bits per heavy atom. The van der Waals surface area contributed by atoms with Gasteiger partial charge in [0.25, 0.3) is 0 Å². The molecule has 0 bridgehead atoms. The largest absolute Gasteiger partial charge is 0.381 e. The molecular formula is C16H31NO2. The van der Waals surface area contributed by atoms with Crippen LogP contribution in [0.4, 0.5) is 0 Å². The molecule has 19 heavy (non-hydrogen) atoms. The lowest BCUT2D eigenvalue weighted by Gasteiger charge is -2.30. The maximum absolute atomic E-state index is 5.43. The monoisotopic (exact) mass is 269 g/mol. The zero-order valence-corrected chi connectivity index (χ0v) is 12.7. The van der Waals surface area contributed by atoms with Gasteiger partial charge in [-0.3, -0.25) is 0 Å². The summed E-state index contributed by atoms with van der Waals surface area (Å²) < 4.78 is 10.9. The molecule has 0 amide bonds. The standard InChI is InChI=1S/C16H31NO2/c1-18-15-7-3-13(4-8-15)11-17-12-14-5-9-16(19-2)10-6-14/h13-17H,3-12H2,1-2H3/t13-,14-,15-,16-. The molecular weight excluding hydrogens is 238 g/mol. The van der Waals surface area contributed by atoms with Gasteiger partial charge in [0.1, 0.15) is 0 Å². The van der Waals surface area contributed by atoms with Crippen molar-refractivity contribution in [3.8, 4) is 0 Å². The van der Waals surface area contributed by atoms with Crippen molar-refractivity contribution in [2.24, 2.45) is 11.8 Å². The topological polar surface area (TPSA) is 30.5 Å². The lowest BCUT2D eigenvalue weighted by atomic mass is 9.86. The predicted molar refractivity (Wildman–Crippen MR) is 78.4 cm³/mol. The van der Waals surface area contributed by atoms with E-state index in [-0.39, 0.29) is 0 Å². The number of nitrogens with one attached hydrogen (secondary N) is 1. The summed E-state index contributed by atoms with van der Waals surface area (Å²) in [7, 11) is 3.69. The fourth-order valence-corrected chi connectivity index (χ4v) is 3.63. The van der Waals surface area contributed by atoms with E-state index < -0.39 is 0 Å². The molecule has 0 aromatic rings. The molecule has 0 radical (unpaired) electrons. The minimum atomic E-state index is 0.528. The average Bonchev–Trinajstić information content (AvgIpc) is 2.49. The molecule has 0 saturated heterocycles. The molecule has 0 aliphatic heterocycles. The molecule has 1 N–H and O–H groups in total. The van der Waals surface area contributed by atoms with Crippen LogP contribution in [-0.2, 0) is 9.47 Å². The summed E-state index contributed by atoms with van der Waals surface area (Å²) in [5.41, 5.74) is 0. The van der Waals surface area contributed by atoms with E-state index >= 15 is 0 Å². The van der Waals surface area contributed by atoms with Gasteiger partial charge in [0, 0.05) is 14.2 Å². The van der Waals surface area contributed by atoms with Crippen molar-refractivity contribution in [2.45, 2.75) is 63.6 Å². The zero-order valence-electron chi connectivity index (χ0n) is 12.7. The van der Waals surface area contributed by atoms with Crippen molar-refractivity contribution in [3.05, 3.63) is 0 Å². The van der Waals surface area contributed by atoms with E-state index in [1.807, 2.05) is 14.2 Å². The molecule has 0 atom stereocenters. The molecule has 0 spiro atoms. The van der Waals surface area contributed by atoms with Gasteiger partial charge in [-0.2, -0.15) is 0 Å². The molecule has 2 saturated carbocycles. The van der Waals surface area contributed by atoms with Crippen molar-refractivity contribution in [3.63, 3.8) is 0 Å². The normalized spacial score (nSPS) is 36.3. The highest BCUT2D eigenvalue weighted by Gasteiger charge is 2.22. The summed E-state index contributed by atoms with van der Waals surface area (Å²) in [5, 5.41) is 3.71. The first-order chi connectivity index (χ1) is 9.31. The summed E-state index contributed by atoms with van der Waals surface area (Å²) in [6.45, 7) is 2.42. The molecule has 112 valence electrons. The lowest BCUT2D eigenvalue weighted by Crippen LogP contribution is -2.33. The SMILES string of the molecule is CO[C@H]1CC[C@H](CNC[C@H]2CC[C@H](OC)CC2)CC1. The average molecular weight is 269 g/mol. The van der Waals surface area contributed by atoms with Crippen molar-refractivity contribution in [1.82, 2.24) is 5.32 Å². The smallest absolute Gasteiger partial charge is 0.0571 e. The fraction of sp³-hybridized carbons (Fsp3) is 1.00. The summed E-state index contributed by atoms with van der Waals surface area (Å²) in [5.74, 6) is 1.75. The second kappa shape index (κ2) is 8.23. The Bertz CT molecular complexity index is 207. The second-order valence-electron chi connectivity index (χ2n) is 6.42. The minimum Gasteiger partial charge on any atom is -0.381 e. The van der Waals surface area contributed by atoms with Crippen LogP contribution in [0.3, 0.4) is 0 Å².